The molecule has 8 nitrogen and oxygen atoms in total. The number of hydrogen-bond acceptors (Lipinski definition) is 4. The topological polar surface area (TPSA) is 55.9 Å². The molecular weight excluding hydrogens is 1390 g/mol. The molecule has 0 N–H and O–H groups in total. The number of benzene rings is 16. The Bertz CT molecular complexity index is 7930. The SMILES string of the molecule is Cn1c2ccccc2c2c3c(ccc21)oc1ccccc13.Cn1c2ccccc2c2c3c(ccc21)sc1ccccc13.Cn1c2ccccc2c2cc3c(cc21)oc1ccccc13.Cn1c2ccccc2c2cc3c(cc21)sc1ccccc13.Cn1c2ccccc2c2cc3c4ccccc4n(-c4ccccc4)c3cc21. The maximum atomic E-state index is 6.01. The molecule has 10 heteroatoms. The van der Waals surface area contributed by atoms with Crippen LogP contribution < -0.4 is 0 Å². The molecule has 528 valence electrons. The third-order valence-electron chi connectivity index (χ3n) is 23.4. The highest BCUT2D eigenvalue weighted by Gasteiger charge is 2.21. The molecule has 10 aromatic heterocycles. The fourth-order valence-corrected chi connectivity index (χ4v) is 20.4. The summed E-state index contributed by atoms with van der Waals surface area (Å²) >= 11 is 3.77. The van der Waals surface area contributed by atoms with Crippen LogP contribution in [0.1, 0.15) is 0 Å². The molecule has 0 fully saturated rings. The minimum atomic E-state index is 0.951. The van der Waals surface area contributed by atoms with Crippen LogP contribution in [-0.2, 0) is 35.2 Å². The van der Waals surface area contributed by atoms with E-state index in [0.717, 1.165) is 22.3 Å². The molecule has 0 radical (unpaired) electrons. The van der Waals surface area contributed by atoms with Crippen molar-refractivity contribution in [1.82, 2.24) is 27.4 Å². The van der Waals surface area contributed by atoms with E-state index in [1.807, 2.05) is 46.9 Å². The summed E-state index contributed by atoms with van der Waals surface area (Å²) in [5, 5.41) is 26.1. The van der Waals surface area contributed by atoms with Crippen molar-refractivity contribution < 1.29 is 8.83 Å². The first-order valence-corrected chi connectivity index (χ1v) is 39.4. The van der Waals surface area contributed by atoms with E-state index in [9.17, 15) is 0 Å². The third kappa shape index (κ3) is 9.90. The number of rotatable bonds is 1. The summed E-state index contributed by atoms with van der Waals surface area (Å²) < 4.78 is 31.3. The molecule has 0 saturated heterocycles. The highest BCUT2D eigenvalue weighted by Crippen LogP contribution is 2.46. The number of aryl methyl sites for hydroxylation is 5. The van der Waals surface area contributed by atoms with Crippen LogP contribution in [0.15, 0.2) is 342 Å². The van der Waals surface area contributed by atoms with Gasteiger partial charge in [0.25, 0.3) is 0 Å². The van der Waals surface area contributed by atoms with Gasteiger partial charge in [0.2, 0.25) is 0 Å². The summed E-state index contributed by atoms with van der Waals surface area (Å²) in [5.74, 6) is 0. The molecule has 0 aliphatic rings. The van der Waals surface area contributed by atoms with Crippen molar-refractivity contribution in [3.8, 4) is 5.69 Å². The molecule has 16 aromatic carbocycles. The standard InChI is InChI=1S/C25H18N2.2C19H13NO.2C19H13NS/c1-26-22-13-7-5-11-18(22)20-15-21-19-12-6-8-14-23(19)27(25(21)16-24(20)26)17-9-3-2-4-10-17;1-20-16-8-4-2-6-12(16)14-10-15-13-7-3-5-9-18(13)21-19(15)11-17(14)20;1-20-14-8-4-2-6-12(14)18-15(20)10-11-17-19(18)13-7-3-5-9-16(13)21-17;1-20-16-8-4-2-6-12(16)14-10-15-13-7-3-5-9-18(13)21-19(15)11-17(14)20;1-20-14-8-4-2-6-12(14)18-15(20)10-11-17-19(18)13-7-3-5-9-16(13)21-17/h2-16H,1H3;4*2-11H,1H3. The number of fused-ring (bicyclic) bond motifs is 32. The lowest BCUT2D eigenvalue weighted by molar-refractivity contribution is 0.669. The van der Waals surface area contributed by atoms with Gasteiger partial charge < -0.3 is 36.2 Å². The number of nitrogens with zero attached hydrogens (tertiary/aromatic N) is 6. The highest BCUT2D eigenvalue weighted by atomic mass is 32.1. The first-order chi connectivity index (χ1) is 54.7. The van der Waals surface area contributed by atoms with Gasteiger partial charge in [-0.1, -0.05) is 200 Å². The van der Waals surface area contributed by atoms with Gasteiger partial charge in [-0.25, -0.2) is 0 Å². The zero-order valence-electron chi connectivity index (χ0n) is 61.6. The number of para-hydroxylation sites is 9. The van der Waals surface area contributed by atoms with Gasteiger partial charge in [-0.05, 0) is 127 Å². The molecule has 0 saturated carbocycles. The lowest BCUT2D eigenvalue weighted by Gasteiger charge is -2.08. The van der Waals surface area contributed by atoms with Gasteiger partial charge >= 0.3 is 0 Å². The fourth-order valence-electron chi connectivity index (χ4n) is 18.2. The second-order valence-electron chi connectivity index (χ2n) is 29.2. The fraction of sp³-hybridized carbons (Fsp3) is 0.0495. The summed E-state index contributed by atoms with van der Waals surface area (Å²) in [6.45, 7) is 0. The highest BCUT2D eigenvalue weighted by molar-refractivity contribution is 7.26. The number of furan rings is 2. The number of thiophene rings is 2. The molecule has 0 bridgehead atoms. The molecular formula is C101H70N6O2S2. The maximum absolute atomic E-state index is 6.01. The average Bonchev–Trinajstić information content (AvgIpc) is 1.59. The lowest BCUT2D eigenvalue weighted by atomic mass is 10.1. The summed E-state index contributed by atoms with van der Waals surface area (Å²) in [6, 6.07) is 119. The predicted molar refractivity (Wildman–Crippen MR) is 477 cm³/mol. The van der Waals surface area contributed by atoms with Crippen molar-refractivity contribution >= 4 is 238 Å². The van der Waals surface area contributed by atoms with E-state index in [-0.39, 0.29) is 0 Å². The smallest absolute Gasteiger partial charge is 0.137 e. The number of aromatic nitrogens is 6. The van der Waals surface area contributed by atoms with Crippen LogP contribution in [-0.4, -0.2) is 27.4 Å². The van der Waals surface area contributed by atoms with Gasteiger partial charge in [-0.2, -0.15) is 0 Å². The summed E-state index contributed by atoms with van der Waals surface area (Å²) in [5.41, 5.74) is 20.2. The van der Waals surface area contributed by atoms with E-state index >= 15 is 0 Å². The van der Waals surface area contributed by atoms with E-state index in [0.29, 0.717) is 0 Å². The molecule has 0 spiro atoms. The van der Waals surface area contributed by atoms with Crippen molar-refractivity contribution in [2.75, 3.05) is 0 Å². The molecule has 0 amide bonds. The Morgan fingerprint density at radius 1 is 0.180 bits per heavy atom. The second kappa shape index (κ2) is 25.2. The zero-order valence-corrected chi connectivity index (χ0v) is 63.2. The Morgan fingerprint density at radius 3 is 1.15 bits per heavy atom. The molecule has 0 aliphatic carbocycles. The molecule has 111 heavy (non-hydrogen) atoms. The van der Waals surface area contributed by atoms with Crippen LogP contribution in [0.3, 0.4) is 0 Å². The second-order valence-corrected chi connectivity index (χ2v) is 31.4. The largest absolute Gasteiger partial charge is 0.456 e. The van der Waals surface area contributed by atoms with E-state index < -0.39 is 0 Å². The van der Waals surface area contributed by atoms with Crippen LogP contribution in [0.5, 0.6) is 0 Å². The van der Waals surface area contributed by atoms with Crippen LogP contribution >= 0.6 is 22.7 Å². The average molecular weight is 1460 g/mol. The lowest BCUT2D eigenvalue weighted by Crippen LogP contribution is -1.93. The molecule has 10 heterocycles. The van der Waals surface area contributed by atoms with Crippen LogP contribution in [0.2, 0.25) is 0 Å². The molecule has 26 aromatic rings. The van der Waals surface area contributed by atoms with Crippen LogP contribution in [0.4, 0.5) is 0 Å². The van der Waals surface area contributed by atoms with E-state index in [1.54, 1.807) is 0 Å². The molecule has 0 aliphatic heterocycles. The Hall–Kier alpha value is -13.6. The third-order valence-corrected chi connectivity index (χ3v) is 25.6. The summed E-state index contributed by atoms with van der Waals surface area (Å²) in [4.78, 5) is 0. The van der Waals surface area contributed by atoms with Gasteiger partial charge in [0.1, 0.15) is 22.3 Å². The van der Waals surface area contributed by atoms with E-state index in [1.165, 1.54) is 198 Å². The molecule has 26 rings (SSSR count). The van der Waals surface area contributed by atoms with E-state index in [2.05, 4.69) is 372 Å². The zero-order chi connectivity index (χ0) is 73.9. The molecule has 0 atom stereocenters. The first-order valence-electron chi connectivity index (χ1n) is 37.7. The Balaban J connectivity index is 0.0000000856. The van der Waals surface area contributed by atoms with E-state index in [4.69, 9.17) is 8.83 Å². The quantitative estimate of drug-likeness (QED) is 0.164. The normalized spacial score (nSPS) is 12.0. The van der Waals surface area contributed by atoms with Gasteiger partial charge in [0, 0.05) is 212 Å². The molecule has 0 unspecified atom stereocenters. The van der Waals surface area contributed by atoms with Crippen molar-refractivity contribution in [3.63, 3.8) is 0 Å². The maximum Gasteiger partial charge on any atom is 0.137 e. The van der Waals surface area contributed by atoms with Crippen LogP contribution in [0.25, 0.3) is 221 Å². The Labute approximate surface area is 644 Å². The Kier molecular flexibility index (Phi) is 14.7. The van der Waals surface area contributed by atoms with Gasteiger partial charge in [-0.15, -0.1) is 22.7 Å². The van der Waals surface area contributed by atoms with Crippen molar-refractivity contribution in [2.24, 2.45) is 35.2 Å². The van der Waals surface area contributed by atoms with Gasteiger partial charge in [0.15, 0.2) is 0 Å². The summed E-state index contributed by atoms with van der Waals surface area (Å²) in [7, 11) is 10.7. The predicted octanol–water partition coefficient (Wildman–Crippen LogP) is 28.3. The minimum Gasteiger partial charge on any atom is -0.456 e. The van der Waals surface area contributed by atoms with Crippen molar-refractivity contribution in [2.45, 2.75) is 0 Å². The summed E-state index contributed by atoms with van der Waals surface area (Å²) in [6.07, 6.45) is 0. The Morgan fingerprint density at radius 2 is 0.559 bits per heavy atom. The van der Waals surface area contributed by atoms with Gasteiger partial charge in [-0.3, -0.25) is 0 Å². The van der Waals surface area contributed by atoms with Crippen molar-refractivity contribution in [3.05, 3.63) is 334 Å². The number of hydrogen-bond donors (Lipinski definition) is 0. The van der Waals surface area contributed by atoms with Gasteiger partial charge in [0.05, 0.1) is 27.6 Å². The van der Waals surface area contributed by atoms with Crippen molar-refractivity contribution in [1.29, 1.82) is 0 Å². The monoisotopic (exact) mass is 1460 g/mol. The first kappa shape index (κ1) is 64.5. The van der Waals surface area contributed by atoms with Crippen LogP contribution in [0, 0.1) is 0 Å². The minimum absolute atomic E-state index is 0.951.